The summed E-state index contributed by atoms with van der Waals surface area (Å²) in [7, 11) is 0. The molecule has 0 radical (unpaired) electrons. The van der Waals surface area contributed by atoms with Crippen LogP contribution in [0.5, 0.6) is 0 Å². The van der Waals surface area contributed by atoms with Gasteiger partial charge in [0.25, 0.3) is 0 Å². The van der Waals surface area contributed by atoms with Crippen LogP contribution in [0.2, 0.25) is 0 Å². The summed E-state index contributed by atoms with van der Waals surface area (Å²) < 4.78 is 5.37. The minimum atomic E-state index is -0.287. The molecule has 0 fully saturated rings. The van der Waals surface area contributed by atoms with Crippen molar-refractivity contribution in [3.63, 3.8) is 0 Å². The van der Waals surface area contributed by atoms with Gasteiger partial charge in [-0.05, 0) is 48.0 Å². The molecule has 0 spiro atoms. The van der Waals surface area contributed by atoms with Gasteiger partial charge in [0, 0.05) is 36.1 Å². The Balaban J connectivity index is 1.43. The summed E-state index contributed by atoms with van der Waals surface area (Å²) in [5, 5.41) is 6.61. The van der Waals surface area contributed by atoms with Crippen LogP contribution >= 0.6 is 0 Å². The molecule has 128 valence electrons. The van der Waals surface area contributed by atoms with Crippen LogP contribution in [0.3, 0.4) is 0 Å². The number of benzene rings is 1. The van der Waals surface area contributed by atoms with Crippen molar-refractivity contribution in [2.45, 2.75) is 6.54 Å². The molecule has 3 heterocycles. The Labute approximate surface area is 149 Å². The SMILES string of the molecule is O=C(NCc1cncc(-c2ccco2)c1)Nc1cccc2ncccc12. The second-order valence-electron chi connectivity index (χ2n) is 5.74. The number of rotatable bonds is 4. The molecule has 6 nitrogen and oxygen atoms in total. The lowest BCUT2D eigenvalue weighted by Crippen LogP contribution is -2.28. The highest BCUT2D eigenvalue weighted by molar-refractivity contribution is 6.00. The molecule has 0 aliphatic carbocycles. The first-order valence-electron chi connectivity index (χ1n) is 8.16. The first-order valence-corrected chi connectivity index (χ1v) is 8.16. The molecular formula is C20H16N4O2. The average molecular weight is 344 g/mol. The van der Waals surface area contributed by atoms with Crippen LogP contribution in [-0.4, -0.2) is 16.0 Å². The van der Waals surface area contributed by atoms with E-state index in [1.807, 2.05) is 48.5 Å². The summed E-state index contributed by atoms with van der Waals surface area (Å²) in [5.74, 6) is 0.743. The Hall–Kier alpha value is -3.67. The number of hydrogen-bond acceptors (Lipinski definition) is 4. The highest BCUT2D eigenvalue weighted by atomic mass is 16.3. The maximum atomic E-state index is 12.3. The average Bonchev–Trinajstić information content (AvgIpc) is 3.22. The van der Waals surface area contributed by atoms with E-state index in [4.69, 9.17) is 4.42 Å². The van der Waals surface area contributed by atoms with E-state index in [0.29, 0.717) is 6.54 Å². The van der Waals surface area contributed by atoms with Crippen LogP contribution in [0.25, 0.3) is 22.2 Å². The Morgan fingerprint density at radius 1 is 1.08 bits per heavy atom. The van der Waals surface area contributed by atoms with Gasteiger partial charge in [0.1, 0.15) is 5.76 Å². The lowest BCUT2D eigenvalue weighted by atomic mass is 10.1. The Kier molecular flexibility index (Phi) is 4.30. The van der Waals surface area contributed by atoms with Crippen LogP contribution in [0.1, 0.15) is 5.56 Å². The predicted molar refractivity (Wildman–Crippen MR) is 99.5 cm³/mol. The van der Waals surface area contributed by atoms with E-state index in [-0.39, 0.29) is 6.03 Å². The zero-order chi connectivity index (χ0) is 17.8. The first kappa shape index (κ1) is 15.8. The van der Waals surface area contributed by atoms with Gasteiger partial charge in [-0.15, -0.1) is 0 Å². The summed E-state index contributed by atoms with van der Waals surface area (Å²) in [6.45, 7) is 0.358. The maximum Gasteiger partial charge on any atom is 0.319 e. The molecule has 2 amide bonds. The smallest absolute Gasteiger partial charge is 0.319 e. The second kappa shape index (κ2) is 7.06. The van der Waals surface area contributed by atoms with Gasteiger partial charge in [-0.2, -0.15) is 0 Å². The van der Waals surface area contributed by atoms with Crippen molar-refractivity contribution in [2.24, 2.45) is 0 Å². The largest absolute Gasteiger partial charge is 0.464 e. The number of carbonyl (C=O) groups is 1. The monoisotopic (exact) mass is 344 g/mol. The van der Waals surface area contributed by atoms with Gasteiger partial charge in [-0.1, -0.05) is 6.07 Å². The minimum Gasteiger partial charge on any atom is -0.464 e. The molecule has 6 heteroatoms. The number of hydrogen-bond donors (Lipinski definition) is 2. The number of furan rings is 1. The number of nitrogens with one attached hydrogen (secondary N) is 2. The molecule has 0 unspecified atom stereocenters. The molecule has 0 saturated heterocycles. The quantitative estimate of drug-likeness (QED) is 0.581. The van der Waals surface area contributed by atoms with Crippen molar-refractivity contribution in [1.29, 1.82) is 0 Å². The van der Waals surface area contributed by atoms with E-state index in [1.165, 1.54) is 0 Å². The van der Waals surface area contributed by atoms with Crippen molar-refractivity contribution < 1.29 is 9.21 Å². The van der Waals surface area contributed by atoms with E-state index < -0.39 is 0 Å². The standard InChI is InChI=1S/C20H16N4O2/c25-20(24-18-6-1-5-17-16(18)4-2-8-22-17)23-12-14-10-15(13-21-11-14)19-7-3-9-26-19/h1-11,13H,12H2,(H2,23,24,25). The Morgan fingerprint density at radius 3 is 2.92 bits per heavy atom. The molecule has 4 rings (SSSR count). The van der Waals surface area contributed by atoms with Crippen LogP contribution in [0, 0.1) is 0 Å². The number of fused-ring (bicyclic) bond motifs is 1. The first-order chi connectivity index (χ1) is 12.8. The van der Waals surface area contributed by atoms with Crippen molar-refractivity contribution in [2.75, 3.05) is 5.32 Å². The summed E-state index contributed by atoms with van der Waals surface area (Å²) >= 11 is 0. The van der Waals surface area contributed by atoms with E-state index in [1.54, 1.807) is 24.9 Å². The van der Waals surface area contributed by atoms with Crippen LogP contribution in [-0.2, 0) is 6.54 Å². The van der Waals surface area contributed by atoms with Gasteiger partial charge in [-0.3, -0.25) is 9.97 Å². The van der Waals surface area contributed by atoms with Gasteiger partial charge in [0.05, 0.1) is 17.5 Å². The summed E-state index contributed by atoms with van der Waals surface area (Å²) in [5.41, 5.74) is 3.31. The molecule has 4 aromatic rings. The van der Waals surface area contributed by atoms with Gasteiger partial charge >= 0.3 is 6.03 Å². The third-order valence-corrected chi connectivity index (χ3v) is 3.95. The molecule has 0 aliphatic heterocycles. The number of pyridine rings is 2. The molecule has 0 atom stereocenters. The number of urea groups is 1. The van der Waals surface area contributed by atoms with Gasteiger partial charge < -0.3 is 15.1 Å². The maximum absolute atomic E-state index is 12.3. The third kappa shape index (κ3) is 3.39. The summed E-state index contributed by atoms with van der Waals surface area (Å²) in [4.78, 5) is 20.8. The molecule has 3 aromatic heterocycles. The number of aromatic nitrogens is 2. The summed E-state index contributed by atoms with van der Waals surface area (Å²) in [6, 6.07) is 14.7. The predicted octanol–water partition coefficient (Wildman–Crippen LogP) is 4.21. The number of nitrogens with zero attached hydrogens (tertiary/aromatic N) is 2. The molecule has 26 heavy (non-hydrogen) atoms. The number of amides is 2. The fourth-order valence-electron chi connectivity index (χ4n) is 2.72. The lowest BCUT2D eigenvalue weighted by Gasteiger charge is -2.10. The number of anilines is 1. The lowest BCUT2D eigenvalue weighted by molar-refractivity contribution is 0.252. The molecule has 1 aromatic carbocycles. The van der Waals surface area contributed by atoms with Crippen molar-refractivity contribution in [3.05, 3.63) is 78.9 Å². The van der Waals surface area contributed by atoms with Crippen LogP contribution in [0.4, 0.5) is 10.5 Å². The Morgan fingerprint density at radius 2 is 2.04 bits per heavy atom. The van der Waals surface area contributed by atoms with Crippen LogP contribution < -0.4 is 10.6 Å². The fraction of sp³-hybridized carbons (Fsp3) is 0.0500. The van der Waals surface area contributed by atoms with E-state index in [2.05, 4.69) is 20.6 Å². The molecular weight excluding hydrogens is 328 g/mol. The van der Waals surface area contributed by atoms with Crippen LogP contribution in [0.15, 0.2) is 77.8 Å². The fourth-order valence-corrected chi connectivity index (χ4v) is 2.72. The zero-order valence-electron chi connectivity index (χ0n) is 13.8. The normalized spacial score (nSPS) is 10.6. The van der Waals surface area contributed by atoms with Gasteiger partial charge in [-0.25, -0.2) is 4.79 Å². The second-order valence-corrected chi connectivity index (χ2v) is 5.74. The van der Waals surface area contributed by atoms with E-state index in [0.717, 1.165) is 33.5 Å². The summed E-state index contributed by atoms with van der Waals surface area (Å²) in [6.07, 6.45) is 6.79. The van der Waals surface area contributed by atoms with Gasteiger partial charge in [0.15, 0.2) is 0 Å². The third-order valence-electron chi connectivity index (χ3n) is 3.95. The van der Waals surface area contributed by atoms with Crippen molar-refractivity contribution >= 4 is 22.6 Å². The van der Waals surface area contributed by atoms with E-state index in [9.17, 15) is 4.79 Å². The molecule has 0 saturated carbocycles. The highest BCUT2D eigenvalue weighted by Crippen LogP contribution is 2.21. The number of carbonyl (C=O) groups excluding carboxylic acids is 1. The minimum absolute atomic E-state index is 0.287. The highest BCUT2D eigenvalue weighted by Gasteiger charge is 2.07. The zero-order valence-corrected chi connectivity index (χ0v) is 13.8. The Bertz CT molecular complexity index is 1040. The van der Waals surface area contributed by atoms with E-state index >= 15 is 0 Å². The topological polar surface area (TPSA) is 80.0 Å². The molecule has 0 bridgehead atoms. The van der Waals surface area contributed by atoms with Gasteiger partial charge in [0.2, 0.25) is 0 Å². The molecule has 0 aliphatic rings. The van der Waals surface area contributed by atoms with Crippen molar-refractivity contribution in [3.8, 4) is 11.3 Å². The molecule has 2 N–H and O–H groups in total. The van der Waals surface area contributed by atoms with Crippen molar-refractivity contribution in [1.82, 2.24) is 15.3 Å².